The molecule has 2 heterocycles. The molecule has 0 N–H and O–H groups in total. The van der Waals surface area contributed by atoms with Crippen LogP contribution >= 0.6 is 0 Å². The van der Waals surface area contributed by atoms with E-state index in [0.29, 0.717) is 23.9 Å². The van der Waals surface area contributed by atoms with Crippen molar-refractivity contribution in [2.75, 3.05) is 19.6 Å². The number of amides is 1. The number of benzene rings is 1. The molecule has 2 aliphatic heterocycles. The monoisotopic (exact) mass is 378 g/mol. The quantitative estimate of drug-likeness (QED) is 0.810. The lowest BCUT2D eigenvalue weighted by atomic mass is 9.91. The average Bonchev–Trinajstić information content (AvgIpc) is 2.60. The van der Waals surface area contributed by atoms with Gasteiger partial charge in [0.05, 0.1) is 4.90 Å². The van der Waals surface area contributed by atoms with Crippen molar-refractivity contribution in [1.82, 2.24) is 9.21 Å². The van der Waals surface area contributed by atoms with Gasteiger partial charge in [0.2, 0.25) is 10.0 Å². The number of nitrogens with zero attached hydrogens (tertiary/aromatic N) is 2. The molecule has 1 amide bonds. The van der Waals surface area contributed by atoms with E-state index in [1.54, 1.807) is 28.6 Å². The molecule has 5 nitrogen and oxygen atoms in total. The fourth-order valence-corrected chi connectivity index (χ4v) is 6.04. The van der Waals surface area contributed by atoms with Gasteiger partial charge in [-0.05, 0) is 62.3 Å². The van der Waals surface area contributed by atoms with Gasteiger partial charge in [-0.1, -0.05) is 20.3 Å². The molecular weight excluding hydrogens is 348 g/mol. The second kappa shape index (κ2) is 7.69. The van der Waals surface area contributed by atoms with Gasteiger partial charge < -0.3 is 4.90 Å². The summed E-state index contributed by atoms with van der Waals surface area (Å²) in [5, 5.41) is 0. The number of carbonyl (C=O) groups excluding carboxylic acids is 1. The van der Waals surface area contributed by atoms with Crippen molar-refractivity contribution in [1.29, 1.82) is 0 Å². The topological polar surface area (TPSA) is 57.7 Å². The van der Waals surface area contributed by atoms with E-state index in [1.807, 2.05) is 11.8 Å². The molecule has 0 radical (unpaired) electrons. The Hall–Kier alpha value is -1.40. The molecule has 2 aliphatic rings. The van der Waals surface area contributed by atoms with Gasteiger partial charge in [-0.25, -0.2) is 8.42 Å². The van der Waals surface area contributed by atoms with Gasteiger partial charge in [0, 0.05) is 31.2 Å². The van der Waals surface area contributed by atoms with E-state index in [0.717, 1.165) is 38.8 Å². The summed E-state index contributed by atoms with van der Waals surface area (Å²) in [6.07, 6.45) is 4.04. The lowest BCUT2D eigenvalue weighted by Crippen LogP contribution is -2.42. The number of hydrogen-bond donors (Lipinski definition) is 0. The minimum Gasteiger partial charge on any atom is -0.338 e. The smallest absolute Gasteiger partial charge is 0.253 e. The number of rotatable bonds is 3. The number of hydrogen-bond acceptors (Lipinski definition) is 3. The summed E-state index contributed by atoms with van der Waals surface area (Å²) >= 11 is 0. The molecule has 0 aromatic heterocycles. The Morgan fingerprint density at radius 3 is 2.19 bits per heavy atom. The summed E-state index contributed by atoms with van der Waals surface area (Å²) in [4.78, 5) is 15.0. The summed E-state index contributed by atoms with van der Waals surface area (Å²) in [5.41, 5.74) is 0.567. The molecule has 2 fully saturated rings. The molecule has 26 heavy (non-hydrogen) atoms. The summed E-state index contributed by atoms with van der Waals surface area (Å²) < 4.78 is 27.4. The Balaban J connectivity index is 1.76. The van der Waals surface area contributed by atoms with Crippen LogP contribution < -0.4 is 0 Å². The van der Waals surface area contributed by atoms with E-state index in [9.17, 15) is 13.2 Å². The van der Waals surface area contributed by atoms with Crippen LogP contribution in [0.1, 0.15) is 56.8 Å². The Morgan fingerprint density at radius 2 is 1.62 bits per heavy atom. The highest BCUT2D eigenvalue weighted by Crippen LogP contribution is 2.26. The number of piperidine rings is 2. The minimum atomic E-state index is -3.49. The van der Waals surface area contributed by atoms with Gasteiger partial charge in [-0.3, -0.25) is 4.79 Å². The Labute approximate surface area is 157 Å². The first-order chi connectivity index (χ1) is 12.3. The van der Waals surface area contributed by atoms with Gasteiger partial charge in [-0.15, -0.1) is 0 Å². The highest BCUT2D eigenvalue weighted by atomic mass is 32.2. The van der Waals surface area contributed by atoms with Gasteiger partial charge in [0.15, 0.2) is 0 Å². The largest absolute Gasteiger partial charge is 0.338 e. The van der Waals surface area contributed by atoms with E-state index in [2.05, 4.69) is 13.8 Å². The molecule has 3 atom stereocenters. The summed E-state index contributed by atoms with van der Waals surface area (Å²) in [5.74, 6) is 1.00. The van der Waals surface area contributed by atoms with E-state index in [-0.39, 0.29) is 16.8 Å². The predicted molar refractivity (Wildman–Crippen MR) is 102 cm³/mol. The standard InChI is InChI=1S/C20H30N2O3S/c1-15-12-16(2)14-21(13-15)20(23)18-7-9-19(10-8-18)26(24,25)22-11-5-4-6-17(22)3/h7-10,15-17H,4-6,11-14H2,1-3H3. The summed E-state index contributed by atoms with van der Waals surface area (Å²) in [6, 6.07) is 6.52. The van der Waals surface area contributed by atoms with Crippen molar-refractivity contribution in [2.45, 2.75) is 57.4 Å². The van der Waals surface area contributed by atoms with Crippen LogP contribution in [0.5, 0.6) is 0 Å². The zero-order chi connectivity index (χ0) is 18.9. The molecule has 1 aromatic rings. The number of carbonyl (C=O) groups is 1. The van der Waals surface area contributed by atoms with Crippen LogP contribution in [0, 0.1) is 11.8 Å². The van der Waals surface area contributed by atoms with Crippen LogP contribution in [-0.4, -0.2) is 49.2 Å². The number of sulfonamides is 1. The third-order valence-corrected chi connectivity index (χ3v) is 7.63. The molecule has 3 rings (SSSR count). The Morgan fingerprint density at radius 1 is 1.00 bits per heavy atom. The van der Waals surface area contributed by atoms with E-state index in [4.69, 9.17) is 0 Å². The highest BCUT2D eigenvalue weighted by Gasteiger charge is 2.31. The molecule has 0 saturated carbocycles. The lowest BCUT2D eigenvalue weighted by molar-refractivity contribution is 0.0623. The molecule has 144 valence electrons. The van der Waals surface area contributed by atoms with Crippen LogP contribution in [0.25, 0.3) is 0 Å². The predicted octanol–water partition coefficient (Wildman–Crippen LogP) is 3.37. The normalized spacial score (nSPS) is 28.1. The van der Waals surface area contributed by atoms with Crippen molar-refractivity contribution in [3.05, 3.63) is 29.8 Å². The molecule has 2 saturated heterocycles. The summed E-state index contributed by atoms with van der Waals surface area (Å²) in [6.45, 7) is 8.43. The molecule has 0 spiro atoms. The molecule has 1 aromatic carbocycles. The van der Waals surface area contributed by atoms with Crippen LogP contribution in [0.2, 0.25) is 0 Å². The fourth-order valence-electron chi connectivity index (χ4n) is 4.35. The van der Waals surface area contributed by atoms with Crippen molar-refractivity contribution >= 4 is 15.9 Å². The highest BCUT2D eigenvalue weighted by molar-refractivity contribution is 7.89. The van der Waals surface area contributed by atoms with Gasteiger partial charge >= 0.3 is 0 Å². The zero-order valence-electron chi connectivity index (χ0n) is 16.0. The third kappa shape index (κ3) is 3.96. The van der Waals surface area contributed by atoms with Crippen LogP contribution in [0.3, 0.4) is 0 Å². The van der Waals surface area contributed by atoms with Crippen LogP contribution in [0.4, 0.5) is 0 Å². The SMILES string of the molecule is CC1CC(C)CN(C(=O)c2ccc(S(=O)(=O)N3CCCCC3C)cc2)C1. The van der Waals surface area contributed by atoms with Crippen molar-refractivity contribution in [3.8, 4) is 0 Å². The van der Waals surface area contributed by atoms with Crippen LogP contribution in [-0.2, 0) is 10.0 Å². The molecule has 0 bridgehead atoms. The maximum Gasteiger partial charge on any atom is 0.253 e. The van der Waals surface area contributed by atoms with Gasteiger partial charge in [0.1, 0.15) is 0 Å². The molecule has 0 aliphatic carbocycles. The average molecular weight is 379 g/mol. The maximum absolute atomic E-state index is 12.9. The van der Waals surface area contributed by atoms with Crippen LogP contribution in [0.15, 0.2) is 29.2 Å². The van der Waals surface area contributed by atoms with E-state index >= 15 is 0 Å². The third-order valence-electron chi connectivity index (χ3n) is 5.61. The lowest BCUT2D eigenvalue weighted by Gasteiger charge is -2.35. The molecular formula is C20H30N2O3S. The van der Waals surface area contributed by atoms with E-state index < -0.39 is 10.0 Å². The fraction of sp³-hybridized carbons (Fsp3) is 0.650. The molecule has 6 heteroatoms. The summed E-state index contributed by atoms with van der Waals surface area (Å²) in [7, 11) is -3.49. The number of likely N-dealkylation sites (tertiary alicyclic amines) is 1. The first-order valence-corrected chi connectivity index (χ1v) is 11.1. The maximum atomic E-state index is 12.9. The zero-order valence-corrected chi connectivity index (χ0v) is 16.8. The second-order valence-electron chi connectivity index (χ2n) is 8.14. The van der Waals surface area contributed by atoms with Crippen molar-refractivity contribution in [3.63, 3.8) is 0 Å². The first kappa shape index (κ1) is 19.4. The minimum absolute atomic E-state index is 0.00121. The van der Waals surface area contributed by atoms with E-state index in [1.165, 1.54) is 0 Å². The second-order valence-corrected chi connectivity index (χ2v) is 10.0. The molecule has 3 unspecified atom stereocenters. The van der Waals surface area contributed by atoms with Crippen molar-refractivity contribution < 1.29 is 13.2 Å². The first-order valence-electron chi connectivity index (χ1n) is 9.70. The Kier molecular flexibility index (Phi) is 5.72. The van der Waals surface area contributed by atoms with Gasteiger partial charge in [0.25, 0.3) is 5.91 Å². The van der Waals surface area contributed by atoms with Crippen molar-refractivity contribution in [2.24, 2.45) is 11.8 Å². The van der Waals surface area contributed by atoms with Gasteiger partial charge in [-0.2, -0.15) is 4.31 Å². The Bertz CT molecular complexity index is 735.